The minimum atomic E-state index is 0.795. The summed E-state index contributed by atoms with van der Waals surface area (Å²) in [6, 6.07) is 7.96. The lowest BCUT2D eigenvalue weighted by molar-refractivity contribution is 0.150. The monoisotopic (exact) mass is 211 g/mol. The molecule has 1 aromatic rings. The topological polar surface area (TPSA) is 9.23 Å². The van der Waals surface area contributed by atoms with E-state index in [-0.39, 0.29) is 0 Å². The van der Waals surface area contributed by atoms with Crippen molar-refractivity contribution in [3.63, 3.8) is 0 Å². The van der Waals surface area contributed by atoms with Gasteiger partial charge < -0.3 is 4.74 Å². The highest BCUT2D eigenvalue weighted by Gasteiger charge is 1.94. The lowest BCUT2D eigenvalue weighted by atomic mass is 10.1. The predicted octanol–water partition coefficient (Wildman–Crippen LogP) is 3.51. The lowest BCUT2D eigenvalue weighted by Crippen LogP contribution is -1.95. The Bertz CT molecular complexity index is 243. The summed E-state index contributed by atoms with van der Waals surface area (Å²) in [5.74, 6) is 0. The summed E-state index contributed by atoms with van der Waals surface area (Å²) in [7, 11) is 0. The van der Waals surface area contributed by atoms with Crippen LogP contribution in [0.4, 0.5) is 0 Å². The second-order valence-electron chi connectivity index (χ2n) is 3.10. The number of rotatable bonds is 6. The number of unbranched alkanes of at least 4 members (excludes halogenated alkanes) is 1. The first-order valence-corrected chi connectivity index (χ1v) is 5.34. The van der Waals surface area contributed by atoms with Crippen molar-refractivity contribution < 1.29 is 4.74 Å². The third kappa shape index (κ3) is 4.64. The third-order valence-corrected chi connectivity index (χ3v) is 2.22. The first kappa shape index (κ1) is 11.5. The van der Waals surface area contributed by atoms with Crippen molar-refractivity contribution in [3.8, 4) is 0 Å². The zero-order valence-corrected chi connectivity index (χ0v) is 9.26. The molecule has 0 bridgehead atoms. The molecular formula is C12H16ClO. The van der Waals surface area contributed by atoms with Gasteiger partial charge in [0, 0.05) is 18.2 Å². The Morgan fingerprint density at radius 1 is 1.29 bits per heavy atom. The molecule has 1 rings (SSSR count). The van der Waals surface area contributed by atoms with E-state index in [0.29, 0.717) is 0 Å². The molecule has 0 aliphatic heterocycles. The molecule has 0 fully saturated rings. The minimum Gasteiger partial charge on any atom is -0.382 e. The number of hydrogen-bond donors (Lipinski definition) is 0. The number of halogens is 1. The van der Waals surface area contributed by atoms with Crippen LogP contribution in [0.3, 0.4) is 0 Å². The molecule has 0 atom stereocenters. The molecule has 0 saturated carbocycles. The van der Waals surface area contributed by atoms with Crippen LogP contribution < -0.4 is 0 Å². The zero-order chi connectivity index (χ0) is 10.2. The third-order valence-electron chi connectivity index (χ3n) is 1.96. The molecule has 0 unspecified atom stereocenters. The fraction of sp³-hybridized carbons (Fsp3) is 0.417. The maximum Gasteiger partial charge on any atom is 0.0468 e. The molecule has 0 N–H and O–H groups in total. The van der Waals surface area contributed by atoms with Crippen molar-refractivity contribution in [1.29, 1.82) is 0 Å². The molecule has 0 aromatic heterocycles. The van der Waals surface area contributed by atoms with Gasteiger partial charge in [-0.2, -0.15) is 0 Å². The molecule has 77 valence electrons. The van der Waals surface area contributed by atoms with Crippen LogP contribution in [-0.4, -0.2) is 13.2 Å². The molecule has 0 spiro atoms. The second kappa shape index (κ2) is 6.86. The highest BCUT2D eigenvalue weighted by Crippen LogP contribution is 2.11. The maximum atomic E-state index is 5.78. The fourth-order valence-electron chi connectivity index (χ4n) is 1.20. The zero-order valence-electron chi connectivity index (χ0n) is 8.50. The van der Waals surface area contributed by atoms with Gasteiger partial charge in [-0.1, -0.05) is 23.7 Å². The van der Waals surface area contributed by atoms with Crippen molar-refractivity contribution in [1.82, 2.24) is 0 Å². The van der Waals surface area contributed by atoms with E-state index in [4.69, 9.17) is 16.3 Å². The number of hydrogen-bond acceptors (Lipinski definition) is 1. The van der Waals surface area contributed by atoms with E-state index in [2.05, 4.69) is 18.6 Å². The molecule has 1 radical (unpaired) electrons. The van der Waals surface area contributed by atoms with Gasteiger partial charge in [0.25, 0.3) is 0 Å². The summed E-state index contributed by atoms with van der Waals surface area (Å²) in [5, 5.41) is 0.795. The van der Waals surface area contributed by atoms with E-state index < -0.39 is 0 Å². The summed E-state index contributed by atoms with van der Waals surface area (Å²) in [5.41, 5.74) is 1.30. The molecule has 0 amide bonds. The van der Waals surface area contributed by atoms with Crippen molar-refractivity contribution in [2.45, 2.75) is 19.8 Å². The largest absolute Gasteiger partial charge is 0.382 e. The molecule has 14 heavy (non-hydrogen) atoms. The highest BCUT2D eigenvalue weighted by molar-refractivity contribution is 6.30. The van der Waals surface area contributed by atoms with Crippen molar-refractivity contribution in [2.24, 2.45) is 0 Å². The Labute approximate surface area is 91.0 Å². The Balaban J connectivity index is 2.15. The Morgan fingerprint density at radius 3 is 2.64 bits per heavy atom. The minimum absolute atomic E-state index is 0.795. The van der Waals surface area contributed by atoms with Crippen molar-refractivity contribution in [2.75, 3.05) is 13.2 Å². The van der Waals surface area contributed by atoms with Gasteiger partial charge in [0.1, 0.15) is 0 Å². The smallest absolute Gasteiger partial charge is 0.0468 e. The Morgan fingerprint density at radius 2 is 2.00 bits per heavy atom. The number of benzene rings is 1. The average Bonchev–Trinajstić information content (AvgIpc) is 2.21. The molecule has 1 nitrogen and oxygen atoms in total. The summed E-state index contributed by atoms with van der Waals surface area (Å²) in [4.78, 5) is 0. The first-order valence-electron chi connectivity index (χ1n) is 4.96. The van der Waals surface area contributed by atoms with Crippen molar-refractivity contribution >= 4 is 11.6 Å². The number of ether oxygens (including phenoxy) is 1. The van der Waals surface area contributed by atoms with E-state index in [1.165, 1.54) is 5.56 Å². The molecular weight excluding hydrogens is 196 g/mol. The molecule has 2 heteroatoms. The van der Waals surface area contributed by atoms with E-state index in [0.717, 1.165) is 31.1 Å². The highest BCUT2D eigenvalue weighted by atomic mass is 35.5. The van der Waals surface area contributed by atoms with Gasteiger partial charge in [0.2, 0.25) is 0 Å². The van der Waals surface area contributed by atoms with E-state index in [1.54, 1.807) is 0 Å². The average molecular weight is 212 g/mol. The SMILES string of the molecule is CCOCC[CH]Cc1ccc(Cl)cc1. The standard InChI is InChI=1S/C12H16ClO/c1-2-14-10-4-3-5-11-6-8-12(13)9-7-11/h3,6-9H,2,4-5,10H2,1H3. The van der Waals surface area contributed by atoms with Gasteiger partial charge in [-0.25, -0.2) is 0 Å². The summed E-state index contributed by atoms with van der Waals surface area (Å²) >= 11 is 5.78. The van der Waals surface area contributed by atoms with Crippen LogP contribution in [0.15, 0.2) is 24.3 Å². The van der Waals surface area contributed by atoms with Crippen LogP contribution in [0.1, 0.15) is 18.9 Å². The second-order valence-corrected chi connectivity index (χ2v) is 3.54. The lowest BCUT2D eigenvalue weighted by Gasteiger charge is -2.02. The predicted molar refractivity (Wildman–Crippen MR) is 60.6 cm³/mol. The van der Waals surface area contributed by atoms with Crippen LogP contribution in [0.5, 0.6) is 0 Å². The van der Waals surface area contributed by atoms with Crippen molar-refractivity contribution in [3.05, 3.63) is 41.3 Å². The van der Waals surface area contributed by atoms with E-state index >= 15 is 0 Å². The van der Waals surface area contributed by atoms with Gasteiger partial charge in [0.15, 0.2) is 0 Å². The molecule has 0 saturated heterocycles. The maximum absolute atomic E-state index is 5.78. The summed E-state index contributed by atoms with van der Waals surface area (Å²) in [6.45, 7) is 3.64. The van der Waals surface area contributed by atoms with Gasteiger partial charge in [-0.3, -0.25) is 0 Å². The van der Waals surface area contributed by atoms with Gasteiger partial charge >= 0.3 is 0 Å². The van der Waals surface area contributed by atoms with Crippen LogP contribution in [0.2, 0.25) is 5.02 Å². The summed E-state index contributed by atoms with van der Waals surface area (Å²) < 4.78 is 5.24. The van der Waals surface area contributed by atoms with Gasteiger partial charge in [-0.05, 0) is 43.9 Å². The van der Waals surface area contributed by atoms with Gasteiger partial charge in [-0.15, -0.1) is 0 Å². The Hall–Kier alpha value is -0.530. The summed E-state index contributed by atoms with van der Waals surface area (Å²) in [6.07, 6.45) is 4.24. The molecule has 0 heterocycles. The normalized spacial score (nSPS) is 10.4. The van der Waals surface area contributed by atoms with Gasteiger partial charge in [0.05, 0.1) is 0 Å². The Kier molecular flexibility index (Phi) is 5.65. The molecule has 1 aromatic carbocycles. The molecule has 0 aliphatic carbocycles. The quantitative estimate of drug-likeness (QED) is 0.655. The van der Waals surface area contributed by atoms with E-state index in [1.807, 2.05) is 19.1 Å². The van der Waals surface area contributed by atoms with E-state index in [9.17, 15) is 0 Å². The van der Waals surface area contributed by atoms with Crippen LogP contribution in [0.25, 0.3) is 0 Å². The molecule has 0 aliphatic rings. The van der Waals surface area contributed by atoms with Crippen LogP contribution in [-0.2, 0) is 11.2 Å². The van der Waals surface area contributed by atoms with Crippen LogP contribution >= 0.6 is 11.6 Å². The van der Waals surface area contributed by atoms with Crippen LogP contribution in [0, 0.1) is 6.42 Å². The fourth-order valence-corrected chi connectivity index (χ4v) is 1.33. The first-order chi connectivity index (χ1) is 6.83.